The predicted octanol–water partition coefficient (Wildman–Crippen LogP) is 6.89. The fourth-order valence-electron chi connectivity index (χ4n) is 5.11. The van der Waals surface area contributed by atoms with Gasteiger partial charge in [-0.2, -0.15) is 0 Å². The summed E-state index contributed by atoms with van der Waals surface area (Å²) in [6.45, 7) is 17.7. The first kappa shape index (κ1) is 31.5. The van der Waals surface area contributed by atoms with Crippen molar-refractivity contribution >= 4 is 29.6 Å². The van der Waals surface area contributed by atoms with Crippen LogP contribution in [-0.2, 0) is 4.74 Å². The van der Waals surface area contributed by atoms with Gasteiger partial charge in [-0.15, -0.1) is 0 Å². The summed E-state index contributed by atoms with van der Waals surface area (Å²) in [7, 11) is 0. The van der Waals surface area contributed by atoms with E-state index in [4.69, 9.17) is 4.74 Å². The van der Waals surface area contributed by atoms with Crippen LogP contribution in [0.2, 0.25) is 0 Å². The number of rotatable bonds is 6. The average Bonchev–Trinajstić information content (AvgIpc) is 2.93. The smallest absolute Gasteiger partial charge is 0.410 e. The van der Waals surface area contributed by atoms with Crippen molar-refractivity contribution in [3.63, 3.8) is 0 Å². The molecule has 0 saturated carbocycles. The molecular formula is C33H40FN5O4. The molecule has 3 aromatic rings. The SMILES string of the molecule is C=Cc1cccc(O)c1-c1nc(Nc2c(C)ccnc2C(C)C)c(C(=O)N2CCN(C(=O)OC(C)(C)C)C[C@@H]2C)cc1F. The van der Waals surface area contributed by atoms with Crippen molar-refractivity contribution in [1.29, 1.82) is 0 Å². The molecule has 3 heterocycles. The Labute approximate surface area is 252 Å². The summed E-state index contributed by atoms with van der Waals surface area (Å²) in [5.74, 6) is -1.20. The van der Waals surface area contributed by atoms with Gasteiger partial charge in [0.05, 0.1) is 22.5 Å². The highest BCUT2D eigenvalue weighted by Crippen LogP contribution is 2.37. The number of halogens is 1. The number of carbonyl (C=O) groups excluding carboxylic acids is 2. The van der Waals surface area contributed by atoms with E-state index in [1.807, 2.05) is 33.8 Å². The standard InChI is InChI=1S/C33H40FN5O4/c1-9-22-11-10-12-25(40)26(22)29-24(34)17-23(30(37-29)36-28-20(4)13-14-35-27(28)19(2)3)31(41)39-16-15-38(18-21(39)5)32(42)43-33(6,7)8/h9-14,17,19,21,40H,1,15-16,18H2,2-8H3,(H,36,37)/t21-/m0/s1. The molecule has 9 nitrogen and oxygen atoms in total. The highest BCUT2D eigenvalue weighted by molar-refractivity contribution is 6.00. The van der Waals surface area contributed by atoms with Crippen LogP contribution in [0.5, 0.6) is 5.75 Å². The summed E-state index contributed by atoms with van der Waals surface area (Å²) < 4.78 is 21.4. The van der Waals surface area contributed by atoms with Gasteiger partial charge < -0.3 is 25.0 Å². The molecule has 1 saturated heterocycles. The number of aryl methyl sites for hydroxylation is 1. The van der Waals surface area contributed by atoms with E-state index in [0.29, 0.717) is 11.3 Å². The van der Waals surface area contributed by atoms with E-state index in [1.54, 1.807) is 48.9 Å². The van der Waals surface area contributed by atoms with Gasteiger partial charge in [0.25, 0.3) is 5.91 Å². The molecule has 0 aliphatic carbocycles. The van der Waals surface area contributed by atoms with Crippen LogP contribution in [0.3, 0.4) is 0 Å². The highest BCUT2D eigenvalue weighted by atomic mass is 19.1. The third-order valence-corrected chi connectivity index (χ3v) is 7.26. The van der Waals surface area contributed by atoms with Crippen molar-refractivity contribution in [3.8, 4) is 17.0 Å². The number of amides is 2. The van der Waals surface area contributed by atoms with Crippen LogP contribution in [0.15, 0.2) is 43.1 Å². The zero-order valence-corrected chi connectivity index (χ0v) is 25.9. The zero-order valence-electron chi connectivity index (χ0n) is 25.9. The maximum atomic E-state index is 15.9. The Morgan fingerprint density at radius 3 is 2.58 bits per heavy atom. The molecule has 1 aliphatic rings. The second kappa shape index (κ2) is 12.4. The normalized spacial score (nSPS) is 15.4. The number of carbonyl (C=O) groups is 2. The first-order valence-electron chi connectivity index (χ1n) is 14.4. The molecule has 1 atom stereocenters. The predicted molar refractivity (Wildman–Crippen MR) is 166 cm³/mol. The Morgan fingerprint density at radius 1 is 1.23 bits per heavy atom. The van der Waals surface area contributed by atoms with Crippen molar-refractivity contribution in [3.05, 3.63) is 71.3 Å². The van der Waals surface area contributed by atoms with Gasteiger partial charge in [0.1, 0.15) is 22.9 Å². The molecule has 0 spiro atoms. The summed E-state index contributed by atoms with van der Waals surface area (Å²) in [5, 5.41) is 14.0. The Kier molecular flexibility index (Phi) is 9.08. The lowest BCUT2D eigenvalue weighted by atomic mass is 10.0. The minimum atomic E-state index is -0.773. The van der Waals surface area contributed by atoms with Crippen LogP contribution < -0.4 is 5.32 Å². The first-order chi connectivity index (χ1) is 20.2. The quantitative estimate of drug-likeness (QED) is 0.322. The highest BCUT2D eigenvalue weighted by Gasteiger charge is 2.34. The van der Waals surface area contributed by atoms with Crippen LogP contribution in [0, 0.1) is 12.7 Å². The number of aromatic nitrogens is 2. The molecule has 2 aromatic heterocycles. The van der Waals surface area contributed by atoms with Gasteiger partial charge >= 0.3 is 6.09 Å². The van der Waals surface area contributed by atoms with Crippen molar-refractivity contribution in [2.24, 2.45) is 0 Å². The van der Waals surface area contributed by atoms with E-state index in [1.165, 1.54) is 12.1 Å². The molecular weight excluding hydrogens is 549 g/mol. The molecule has 1 fully saturated rings. The molecule has 0 unspecified atom stereocenters. The van der Waals surface area contributed by atoms with Crippen LogP contribution in [0.25, 0.3) is 17.3 Å². The molecule has 4 rings (SSSR count). The van der Waals surface area contributed by atoms with Gasteiger partial charge in [0, 0.05) is 31.9 Å². The monoisotopic (exact) mass is 589 g/mol. The van der Waals surface area contributed by atoms with Crippen LogP contribution >= 0.6 is 0 Å². The molecule has 10 heteroatoms. The Balaban J connectivity index is 1.79. The zero-order chi connectivity index (χ0) is 31.6. The second-order valence-electron chi connectivity index (χ2n) is 12.1. The lowest BCUT2D eigenvalue weighted by Gasteiger charge is -2.40. The molecule has 1 aromatic carbocycles. The van der Waals surface area contributed by atoms with Gasteiger partial charge in [0.2, 0.25) is 0 Å². The first-order valence-corrected chi connectivity index (χ1v) is 14.4. The van der Waals surface area contributed by atoms with Crippen LogP contribution in [0.1, 0.15) is 74.6 Å². The van der Waals surface area contributed by atoms with Crippen LogP contribution in [-0.4, -0.2) is 68.2 Å². The molecule has 228 valence electrons. The van der Waals surface area contributed by atoms with E-state index in [-0.39, 0.29) is 60.0 Å². The minimum Gasteiger partial charge on any atom is -0.507 e. The molecule has 2 N–H and O–H groups in total. The average molecular weight is 590 g/mol. The summed E-state index contributed by atoms with van der Waals surface area (Å²) in [5.41, 5.74) is 2.22. The van der Waals surface area contributed by atoms with Crippen LogP contribution in [0.4, 0.5) is 20.7 Å². The third-order valence-electron chi connectivity index (χ3n) is 7.26. The molecule has 0 radical (unpaired) electrons. The Hall–Kier alpha value is -4.47. The number of aromatic hydroxyl groups is 1. The van der Waals surface area contributed by atoms with Crippen molar-refractivity contribution < 1.29 is 23.8 Å². The number of pyridine rings is 2. The van der Waals surface area contributed by atoms with E-state index < -0.39 is 23.4 Å². The molecule has 1 aliphatic heterocycles. The molecule has 0 bridgehead atoms. The maximum Gasteiger partial charge on any atom is 0.410 e. The van der Waals surface area contributed by atoms with Crippen molar-refractivity contribution in [1.82, 2.24) is 19.8 Å². The fraction of sp³-hybridized carbons (Fsp3) is 0.394. The lowest BCUT2D eigenvalue weighted by Crippen LogP contribution is -2.56. The number of hydrogen-bond donors (Lipinski definition) is 2. The minimum absolute atomic E-state index is 0.0207. The molecule has 2 amide bonds. The fourth-order valence-corrected chi connectivity index (χ4v) is 5.11. The maximum absolute atomic E-state index is 15.9. The number of nitrogens with one attached hydrogen (secondary N) is 1. The summed E-state index contributed by atoms with van der Waals surface area (Å²) in [6, 6.07) is 7.40. The van der Waals surface area contributed by atoms with Crippen molar-refractivity contribution in [2.45, 2.75) is 66.0 Å². The Bertz CT molecular complexity index is 1550. The Morgan fingerprint density at radius 2 is 1.95 bits per heavy atom. The van der Waals surface area contributed by atoms with Gasteiger partial charge in [0.15, 0.2) is 5.82 Å². The second-order valence-corrected chi connectivity index (χ2v) is 12.1. The topological polar surface area (TPSA) is 108 Å². The van der Waals surface area contributed by atoms with Gasteiger partial charge in [-0.3, -0.25) is 9.78 Å². The van der Waals surface area contributed by atoms with Gasteiger partial charge in [-0.1, -0.05) is 38.6 Å². The molecule has 43 heavy (non-hydrogen) atoms. The van der Waals surface area contributed by atoms with Gasteiger partial charge in [-0.05, 0) is 69.9 Å². The third kappa shape index (κ3) is 6.79. The summed E-state index contributed by atoms with van der Waals surface area (Å²) >= 11 is 0. The summed E-state index contributed by atoms with van der Waals surface area (Å²) in [6.07, 6.45) is 2.78. The number of phenolic OH excluding ortho intramolecular Hbond substituents is 1. The van der Waals surface area contributed by atoms with Gasteiger partial charge in [-0.25, -0.2) is 14.2 Å². The number of ether oxygens (including phenoxy) is 1. The number of piperazine rings is 1. The lowest BCUT2D eigenvalue weighted by molar-refractivity contribution is 0.00617. The van der Waals surface area contributed by atoms with Crippen molar-refractivity contribution in [2.75, 3.05) is 25.0 Å². The largest absolute Gasteiger partial charge is 0.507 e. The summed E-state index contributed by atoms with van der Waals surface area (Å²) in [4.78, 5) is 39.1. The number of benzene rings is 1. The van der Waals surface area contributed by atoms with E-state index in [0.717, 1.165) is 17.3 Å². The van der Waals surface area contributed by atoms with E-state index in [9.17, 15) is 14.7 Å². The van der Waals surface area contributed by atoms with E-state index in [2.05, 4.69) is 21.9 Å². The number of nitrogens with zero attached hydrogens (tertiary/aromatic N) is 4. The number of phenols is 1. The number of hydrogen-bond acceptors (Lipinski definition) is 7. The number of anilines is 2. The van der Waals surface area contributed by atoms with E-state index >= 15 is 4.39 Å².